The molecule has 0 amide bonds. The normalized spacial score (nSPS) is 15.8. The molecule has 3 aromatic heterocycles. The van der Waals surface area contributed by atoms with Crippen LogP contribution >= 0.6 is 23.1 Å². The summed E-state index contributed by atoms with van der Waals surface area (Å²) in [5.41, 5.74) is 7.48. The lowest BCUT2D eigenvalue weighted by Crippen LogP contribution is -2.26. The fraction of sp³-hybridized carbons (Fsp3) is 0.316. The van der Waals surface area contributed by atoms with Crippen LogP contribution in [0.3, 0.4) is 0 Å². The Bertz CT molecular complexity index is 998. The van der Waals surface area contributed by atoms with Crippen LogP contribution in [0.25, 0.3) is 5.82 Å². The first-order valence-electron chi connectivity index (χ1n) is 8.77. The van der Waals surface area contributed by atoms with E-state index in [1.165, 1.54) is 4.88 Å². The number of aliphatic imine (C=N–C) groups is 1. The molecular weight excluding hydrogens is 378 g/mol. The van der Waals surface area contributed by atoms with Crippen LogP contribution in [0.5, 0.6) is 0 Å². The quantitative estimate of drug-likeness (QED) is 0.702. The van der Waals surface area contributed by atoms with E-state index in [0.717, 1.165) is 58.1 Å². The van der Waals surface area contributed by atoms with E-state index in [1.807, 2.05) is 13.0 Å². The Hall–Kier alpha value is -2.32. The van der Waals surface area contributed by atoms with Gasteiger partial charge in [0.2, 0.25) is 0 Å². The largest absolute Gasteiger partial charge is 0.360 e. The van der Waals surface area contributed by atoms with Gasteiger partial charge in [-0.25, -0.2) is 0 Å². The Balaban J connectivity index is 1.48. The van der Waals surface area contributed by atoms with E-state index in [4.69, 9.17) is 4.52 Å². The third kappa shape index (κ3) is 3.86. The monoisotopic (exact) mass is 399 g/mol. The van der Waals surface area contributed by atoms with E-state index >= 15 is 0 Å². The summed E-state index contributed by atoms with van der Waals surface area (Å²) in [6.07, 6.45) is 0.970. The third-order valence-corrected chi connectivity index (χ3v) is 6.26. The molecule has 0 bridgehead atoms. The summed E-state index contributed by atoms with van der Waals surface area (Å²) in [5, 5.41) is 11.7. The van der Waals surface area contributed by atoms with E-state index in [9.17, 15) is 0 Å². The lowest BCUT2D eigenvalue weighted by Gasteiger charge is -2.15. The molecule has 4 heterocycles. The van der Waals surface area contributed by atoms with Gasteiger partial charge in [0, 0.05) is 46.6 Å². The maximum absolute atomic E-state index is 5.23. The molecule has 140 valence electrons. The Morgan fingerprint density at radius 1 is 1.30 bits per heavy atom. The number of nitrogens with one attached hydrogen (secondary N) is 1. The van der Waals surface area contributed by atoms with Gasteiger partial charge < -0.3 is 4.52 Å². The van der Waals surface area contributed by atoms with E-state index in [2.05, 4.69) is 62.7 Å². The summed E-state index contributed by atoms with van der Waals surface area (Å²) >= 11 is 3.47. The minimum atomic E-state index is 0.778. The van der Waals surface area contributed by atoms with Crippen LogP contribution in [0.2, 0.25) is 0 Å². The molecule has 1 N–H and O–H groups in total. The van der Waals surface area contributed by atoms with Gasteiger partial charge in [-0.3, -0.25) is 15.0 Å². The van der Waals surface area contributed by atoms with Crippen LogP contribution in [-0.2, 0) is 6.42 Å². The standard InChI is InChI=1S/C19H21N5OS2/c1-12-9-16(14(3)24(12)18-10-13(2)25-23-18)17-11-27-19(22-21-17)20-7-6-15-5-4-8-26-15/h4-5,8-10H,6-7,11H2,1-3H3,(H,20,22). The second kappa shape index (κ2) is 7.74. The summed E-state index contributed by atoms with van der Waals surface area (Å²) < 4.78 is 7.33. The van der Waals surface area contributed by atoms with Gasteiger partial charge in [0.15, 0.2) is 11.0 Å². The van der Waals surface area contributed by atoms with Crippen molar-refractivity contribution in [3.63, 3.8) is 0 Å². The summed E-state index contributed by atoms with van der Waals surface area (Å²) in [4.78, 5) is 5.98. The molecule has 6 nitrogen and oxygen atoms in total. The molecule has 1 aliphatic rings. The van der Waals surface area contributed by atoms with E-state index in [1.54, 1.807) is 23.1 Å². The number of nitrogens with zero attached hydrogens (tertiary/aromatic N) is 4. The summed E-state index contributed by atoms with van der Waals surface area (Å²) in [7, 11) is 0. The Morgan fingerprint density at radius 3 is 2.85 bits per heavy atom. The van der Waals surface area contributed by atoms with Crippen molar-refractivity contribution in [2.24, 2.45) is 10.1 Å². The molecule has 0 fully saturated rings. The van der Waals surface area contributed by atoms with Crippen LogP contribution in [-0.4, -0.2) is 32.9 Å². The summed E-state index contributed by atoms with van der Waals surface area (Å²) in [6, 6.07) is 8.32. The van der Waals surface area contributed by atoms with Crippen molar-refractivity contribution >= 4 is 34.0 Å². The second-order valence-electron chi connectivity index (χ2n) is 6.39. The highest BCUT2D eigenvalue weighted by Gasteiger charge is 2.20. The first-order chi connectivity index (χ1) is 13.1. The number of amidine groups is 1. The molecule has 0 spiro atoms. The average Bonchev–Trinajstić information content (AvgIpc) is 3.38. The number of hydrogen-bond donors (Lipinski definition) is 1. The number of thiophene rings is 1. The zero-order valence-electron chi connectivity index (χ0n) is 15.5. The molecule has 27 heavy (non-hydrogen) atoms. The molecular formula is C19H21N5OS2. The molecule has 0 saturated carbocycles. The van der Waals surface area contributed by atoms with Gasteiger partial charge in [0.05, 0.1) is 5.71 Å². The summed E-state index contributed by atoms with van der Waals surface area (Å²) in [5.74, 6) is 2.41. The molecule has 0 radical (unpaired) electrons. The average molecular weight is 400 g/mol. The van der Waals surface area contributed by atoms with Crippen LogP contribution in [0.15, 0.2) is 44.3 Å². The van der Waals surface area contributed by atoms with Crippen molar-refractivity contribution < 1.29 is 4.52 Å². The molecule has 1 aliphatic heterocycles. The predicted octanol–water partition coefficient (Wildman–Crippen LogP) is 4.09. The zero-order valence-corrected chi connectivity index (χ0v) is 17.2. The SMILES string of the molecule is Cc1cc(-n2c(C)cc(C3=NNC(=NCCc4cccs4)SC3)c2C)no1. The molecule has 0 saturated heterocycles. The second-order valence-corrected chi connectivity index (χ2v) is 8.39. The topological polar surface area (TPSA) is 67.7 Å². The fourth-order valence-corrected chi connectivity index (χ4v) is 4.61. The maximum Gasteiger partial charge on any atom is 0.180 e. The van der Waals surface area contributed by atoms with Crippen molar-refractivity contribution in [2.75, 3.05) is 12.3 Å². The number of thioether (sulfide) groups is 1. The molecule has 0 unspecified atom stereocenters. The lowest BCUT2D eigenvalue weighted by molar-refractivity contribution is 0.394. The van der Waals surface area contributed by atoms with Gasteiger partial charge in [-0.15, -0.1) is 11.3 Å². The molecule has 4 rings (SSSR count). The van der Waals surface area contributed by atoms with Gasteiger partial charge in [-0.2, -0.15) is 5.10 Å². The molecule has 8 heteroatoms. The van der Waals surface area contributed by atoms with Crippen LogP contribution in [0.1, 0.15) is 27.6 Å². The van der Waals surface area contributed by atoms with Gasteiger partial charge in [-0.05, 0) is 38.3 Å². The predicted molar refractivity (Wildman–Crippen MR) is 112 cm³/mol. The van der Waals surface area contributed by atoms with Gasteiger partial charge in [-0.1, -0.05) is 23.0 Å². The van der Waals surface area contributed by atoms with Crippen molar-refractivity contribution in [2.45, 2.75) is 27.2 Å². The minimum absolute atomic E-state index is 0.778. The number of rotatable bonds is 5. The van der Waals surface area contributed by atoms with Gasteiger partial charge in [0.25, 0.3) is 0 Å². The van der Waals surface area contributed by atoms with Crippen LogP contribution in [0, 0.1) is 20.8 Å². The first-order valence-corrected chi connectivity index (χ1v) is 10.6. The van der Waals surface area contributed by atoms with E-state index in [-0.39, 0.29) is 0 Å². The van der Waals surface area contributed by atoms with Gasteiger partial charge in [0.1, 0.15) is 5.76 Å². The maximum atomic E-state index is 5.23. The number of hydrogen-bond acceptors (Lipinski definition) is 6. The van der Waals surface area contributed by atoms with Crippen molar-refractivity contribution in [3.05, 3.63) is 57.2 Å². The van der Waals surface area contributed by atoms with Crippen LogP contribution in [0.4, 0.5) is 0 Å². The highest BCUT2D eigenvalue weighted by atomic mass is 32.2. The number of aryl methyl sites for hydroxylation is 2. The number of aromatic nitrogens is 2. The smallest absolute Gasteiger partial charge is 0.180 e. The van der Waals surface area contributed by atoms with E-state index < -0.39 is 0 Å². The lowest BCUT2D eigenvalue weighted by atomic mass is 10.1. The van der Waals surface area contributed by atoms with Crippen molar-refractivity contribution in [1.29, 1.82) is 0 Å². The minimum Gasteiger partial charge on any atom is -0.360 e. The molecule has 0 aliphatic carbocycles. The van der Waals surface area contributed by atoms with Crippen molar-refractivity contribution in [1.82, 2.24) is 15.1 Å². The number of hydrazone groups is 1. The highest BCUT2D eigenvalue weighted by molar-refractivity contribution is 8.14. The third-order valence-electron chi connectivity index (χ3n) is 4.41. The highest BCUT2D eigenvalue weighted by Crippen LogP contribution is 2.24. The Labute approximate surface area is 166 Å². The van der Waals surface area contributed by atoms with Crippen LogP contribution < -0.4 is 5.43 Å². The first kappa shape index (κ1) is 18.1. The van der Waals surface area contributed by atoms with Gasteiger partial charge >= 0.3 is 0 Å². The summed E-state index contributed by atoms with van der Waals surface area (Å²) in [6.45, 7) is 6.84. The molecule has 3 aromatic rings. The zero-order chi connectivity index (χ0) is 18.8. The Morgan fingerprint density at radius 2 is 2.19 bits per heavy atom. The Kier molecular flexibility index (Phi) is 5.18. The fourth-order valence-electron chi connectivity index (χ4n) is 3.12. The van der Waals surface area contributed by atoms with E-state index in [0.29, 0.717) is 0 Å². The molecule has 0 atom stereocenters. The van der Waals surface area contributed by atoms with Crippen molar-refractivity contribution in [3.8, 4) is 5.82 Å². The molecule has 0 aromatic carbocycles.